The van der Waals surface area contributed by atoms with E-state index >= 15 is 0 Å². The molecule has 2 aromatic rings. The van der Waals surface area contributed by atoms with E-state index in [4.69, 9.17) is 9.47 Å². The summed E-state index contributed by atoms with van der Waals surface area (Å²) in [5, 5.41) is 2.98. The van der Waals surface area contributed by atoms with Gasteiger partial charge in [-0.15, -0.1) is 0 Å². The summed E-state index contributed by atoms with van der Waals surface area (Å²) in [6, 6.07) is 13.1. The second-order valence-corrected chi connectivity index (χ2v) is 8.06. The van der Waals surface area contributed by atoms with Gasteiger partial charge in [0.15, 0.2) is 6.61 Å². The lowest BCUT2D eigenvalue weighted by Crippen LogP contribution is -2.44. The van der Waals surface area contributed by atoms with E-state index in [1.165, 1.54) is 12.1 Å². The fraction of sp³-hybridized carbons (Fsp3) is 0.417. The lowest BCUT2D eigenvalue weighted by Gasteiger charge is -2.36. The Labute approximate surface area is 181 Å². The Morgan fingerprint density at radius 2 is 1.65 bits per heavy atom. The zero-order chi connectivity index (χ0) is 21.7. The number of benzene rings is 2. The number of carbonyl (C=O) groups excluding carboxylic acids is 2. The van der Waals surface area contributed by atoms with Gasteiger partial charge in [0.2, 0.25) is 5.91 Å². The van der Waals surface area contributed by atoms with Gasteiger partial charge in [-0.25, -0.2) is 4.39 Å². The van der Waals surface area contributed by atoms with Crippen LogP contribution < -0.4 is 10.1 Å². The van der Waals surface area contributed by atoms with Crippen LogP contribution in [0.25, 0.3) is 0 Å². The molecule has 7 heteroatoms. The Morgan fingerprint density at radius 1 is 1.00 bits per heavy atom. The maximum atomic E-state index is 13.4. The highest BCUT2D eigenvalue weighted by atomic mass is 19.1. The predicted octanol–water partition coefficient (Wildman–Crippen LogP) is 3.51. The predicted molar refractivity (Wildman–Crippen MR) is 115 cm³/mol. The van der Waals surface area contributed by atoms with E-state index in [2.05, 4.69) is 5.32 Å². The third kappa shape index (κ3) is 4.88. The molecule has 2 aliphatic heterocycles. The molecule has 0 radical (unpaired) electrons. The summed E-state index contributed by atoms with van der Waals surface area (Å²) in [4.78, 5) is 27.2. The summed E-state index contributed by atoms with van der Waals surface area (Å²) in [5.41, 5.74) is 0.662. The maximum Gasteiger partial charge on any atom is 0.260 e. The number of rotatable bonds is 6. The molecule has 0 saturated carbocycles. The first kappa shape index (κ1) is 21.3. The number of halogens is 1. The minimum absolute atomic E-state index is 0.00404. The third-order valence-corrected chi connectivity index (χ3v) is 6.11. The lowest BCUT2D eigenvalue weighted by molar-refractivity contribution is -0.132. The van der Waals surface area contributed by atoms with Gasteiger partial charge in [0, 0.05) is 32.0 Å². The van der Waals surface area contributed by atoms with Crippen LogP contribution in [0.5, 0.6) is 5.75 Å². The van der Waals surface area contributed by atoms with E-state index in [-0.39, 0.29) is 24.2 Å². The number of anilines is 1. The third-order valence-electron chi connectivity index (χ3n) is 6.11. The molecule has 2 amide bonds. The molecule has 2 aliphatic rings. The highest BCUT2D eigenvalue weighted by molar-refractivity contribution is 5.99. The first-order valence-corrected chi connectivity index (χ1v) is 10.7. The Kier molecular flexibility index (Phi) is 6.51. The highest BCUT2D eigenvalue weighted by Gasteiger charge is 2.41. The molecule has 2 fully saturated rings. The van der Waals surface area contributed by atoms with Crippen LogP contribution in [0.1, 0.15) is 31.2 Å². The van der Waals surface area contributed by atoms with E-state index in [1.807, 2.05) is 4.90 Å². The first-order chi connectivity index (χ1) is 15.1. The van der Waals surface area contributed by atoms with Crippen LogP contribution in [0.15, 0.2) is 48.5 Å². The smallest absolute Gasteiger partial charge is 0.260 e. The zero-order valence-corrected chi connectivity index (χ0v) is 17.4. The molecule has 1 N–H and O–H groups in total. The average molecular weight is 426 g/mol. The molecule has 2 heterocycles. The number of nitrogens with zero attached hydrogens (tertiary/aromatic N) is 1. The standard InChI is InChI=1S/C24H27FN2O4/c25-19-5-3-18(4-6-19)24(11-15-30-16-12-24)23(29)26-20-7-9-21(10-8-20)31-17-22(28)27-13-1-2-14-27/h3-10H,1-2,11-17H2,(H,26,29). The van der Waals surface area contributed by atoms with Gasteiger partial charge in [-0.1, -0.05) is 12.1 Å². The molecule has 31 heavy (non-hydrogen) atoms. The van der Waals surface area contributed by atoms with Gasteiger partial charge < -0.3 is 19.7 Å². The van der Waals surface area contributed by atoms with Gasteiger partial charge >= 0.3 is 0 Å². The minimum atomic E-state index is -0.761. The van der Waals surface area contributed by atoms with Gasteiger partial charge in [-0.3, -0.25) is 9.59 Å². The SMILES string of the molecule is O=C(COc1ccc(NC(=O)C2(c3ccc(F)cc3)CCOCC2)cc1)N1CCCC1. The second kappa shape index (κ2) is 9.47. The molecular weight excluding hydrogens is 399 g/mol. The topological polar surface area (TPSA) is 67.9 Å². The van der Waals surface area contributed by atoms with Crippen LogP contribution in [0.3, 0.4) is 0 Å². The van der Waals surface area contributed by atoms with Crippen molar-refractivity contribution in [3.63, 3.8) is 0 Å². The summed E-state index contributed by atoms with van der Waals surface area (Å²) >= 11 is 0. The van der Waals surface area contributed by atoms with Crippen molar-refractivity contribution < 1.29 is 23.5 Å². The van der Waals surface area contributed by atoms with E-state index in [9.17, 15) is 14.0 Å². The van der Waals surface area contributed by atoms with Crippen molar-refractivity contribution in [3.05, 3.63) is 59.9 Å². The number of likely N-dealkylation sites (tertiary alicyclic amines) is 1. The number of ether oxygens (including phenoxy) is 2. The molecule has 0 aliphatic carbocycles. The van der Waals surface area contributed by atoms with E-state index in [0.717, 1.165) is 31.5 Å². The Balaban J connectivity index is 1.40. The van der Waals surface area contributed by atoms with Crippen molar-refractivity contribution in [1.82, 2.24) is 4.90 Å². The molecule has 0 atom stereocenters. The maximum absolute atomic E-state index is 13.4. The summed E-state index contributed by atoms with van der Waals surface area (Å²) in [6.07, 6.45) is 3.16. The van der Waals surface area contributed by atoms with Gasteiger partial charge in [0.25, 0.3) is 5.91 Å². The Morgan fingerprint density at radius 3 is 2.29 bits per heavy atom. The fourth-order valence-corrected chi connectivity index (χ4v) is 4.22. The summed E-state index contributed by atoms with van der Waals surface area (Å²) in [7, 11) is 0. The number of hydrogen-bond donors (Lipinski definition) is 1. The number of carbonyl (C=O) groups is 2. The molecule has 2 saturated heterocycles. The first-order valence-electron chi connectivity index (χ1n) is 10.7. The van der Waals surface area contributed by atoms with Crippen LogP contribution in [0, 0.1) is 5.82 Å². The molecule has 6 nitrogen and oxygen atoms in total. The fourth-order valence-electron chi connectivity index (χ4n) is 4.22. The van der Waals surface area contributed by atoms with Crippen molar-refractivity contribution in [3.8, 4) is 5.75 Å². The van der Waals surface area contributed by atoms with Crippen LogP contribution in [-0.4, -0.2) is 49.6 Å². The van der Waals surface area contributed by atoms with Crippen LogP contribution >= 0.6 is 0 Å². The second-order valence-electron chi connectivity index (χ2n) is 8.06. The summed E-state index contributed by atoms with van der Waals surface area (Å²) in [6.45, 7) is 2.56. The molecule has 0 unspecified atom stereocenters. The Bertz CT molecular complexity index is 902. The zero-order valence-electron chi connectivity index (χ0n) is 17.4. The summed E-state index contributed by atoms with van der Waals surface area (Å²) < 4.78 is 24.5. The van der Waals surface area contributed by atoms with E-state index in [0.29, 0.717) is 37.5 Å². The number of hydrogen-bond acceptors (Lipinski definition) is 4. The molecular formula is C24H27FN2O4. The number of nitrogens with one attached hydrogen (secondary N) is 1. The van der Waals surface area contributed by atoms with Crippen molar-refractivity contribution in [2.45, 2.75) is 31.1 Å². The van der Waals surface area contributed by atoms with Gasteiger partial charge in [0.1, 0.15) is 11.6 Å². The molecule has 0 aromatic heterocycles. The molecule has 0 bridgehead atoms. The molecule has 0 spiro atoms. The summed E-state index contributed by atoms with van der Waals surface area (Å²) in [5.74, 6) is 0.103. The Hall–Kier alpha value is -2.93. The van der Waals surface area contributed by atoms with Gasteiger partial charge in [-0.2, -0.15) is 0 Å². The van der Waals surface area contributed by atoms with E-state index < -0.39 is 5.41 Å². The van der Waals surface area contributed by atoms with Crippen molar-refractivity contribution in [2.75, 3.05) is 38.2 Å². The normalized spacial score (nSPS) is 17.9. The van der Waals surface area contributed by atoms with Crippen molar-refractivity contribution >= 4 is 17.5 Å². The van der Waals surface area contributed by atoms with Crippen LogP contribution in [0.2, 0.25) is 0 Å². The lowest BCUT2D eigenvalue weighted by atomic mass is 9.73. The van der Waals surface area contributed by atoms with Crippen LogP contribution in [-0.2, 0) is 19.7 Å². The van der Waals surface area contributed by atoms with E-state index in [1.54, 1.807) is 36.4 Å². The van der Waals surface area contributed by atoms with Gasteiger partial charge in [-0.05, 0) is 67.6 Å². The highest BCUT2D eigenvalue weighted by Crippen LogP contribution is 2.36. The average Bonchev–Trinajstić information content (AvgIpc) is 3.34. The molecule has 2 aromatic carbocycles. The minimum Gasteiger partial charge on any atom is -0.484 e. The molecule has 164 valence electrons. The molecule has 4 rings (SSSR count). The van der Waals surface area contributed by atoms with Gasteiger partial charge in [0.05, 0.1) is 5.41 Å². The number of amides is 2. The van der Waals surface area contributed by atoms with Crippen molar-refractivity contribution in [2.24, 2.45) is 0 Å². The van der Waals surface area contributed by atoms with Crippen molar-refractivity contribution in [1.29, 1.82) is 0 Å². The largest absolute Gasteiger partial charge is 0.484 e. The quantitative estimate of drug-likeness (QED) is 0.768. The van der Waals surface area contributed by atoms with Crippen LogP contribution in [0.4, 0.5) is 10.1 Å². The monoisotopic (exact) mass is 426 g/mol.